The summed E-state index contributed by atoms with van der Waals surface area (Å²) in [7, 11) is 0. The van der Waals surface area contributed by atoms with Gasteiger partial charge in [0.1, 0.15) is 11.6 Å². The highest BCUT2D eigenvalue weighted by molar-refractivity contribution is 5.83. The first-order chi connectivity index (χ1) is 13.2. The van der Waals surface area contributed by atoms with Crippen molar-refractivity contribution in [1.82, 2.24) is 25.1 Å². The largest absolute Gasteiger partial charge is 0.334 e. The molecule has 136 valence electrons. The molecule has 0 radical (unpaired) electrons. The van der Waals surface area contributed by atoms with Gasteiger partial charge in [-0.05, 0) is 31.2 Å². The van der Waals surface area contributed by atoms with Gasteiger partial charge in [0.2, 0.25) is 5.82 Å². The molecule has 4 rings (SSSR count). The van der Waals surface area contributed by atoms with Crippen LogP contribution in [0.4, 0.5) is 28.8 Å². The van der Waals surface area contributed by atoms with E-state index >= 15 is 0 Å². The van der Waals surface area contributed by atoms with Crippen molar-refractivity contribution < 1.29 is 4.92 Å². The number of hydrogen-bond acceptors (Lipinski definition) is 7. The zero-order chi connectivity index (χ0) is 18.8. The van der Waals surface area contributed by atoms with Gasteiger partial charge >= 0.3 is 5.69 Å². The van der Waals surface area contributed by atoms with Crippen molar-refractivity contribution in [3.63, 3.8) is 0 Å². The molecule has 3 N–H and O–H groups in total. The minimum Gasteiger partial charge on any atom is -0.334 e. The van der Waals surface area contributed by atoms with E-state index in [1.54, 1.807) is 24.8 Å². The van der Waals surface area contributed by atoms with Gasteiger partial charge in [0.15, 0.2) is 0 Å². The van der Waals surface area contributed by atoms with Crippen LogP contribution in [0.5, 0.6) is 0 Å². The van der Waals surface area contributed by atoms with E-state index in [1.165, 1.54) is 6.07 Å². The van der Waals surface area contributed by atoms with Gasteiger partial charge in [-0.15, -0.1) is 0 Å². The SMILES string of the molecule is CCN(c1ccc([N+](=O)[O-])c(Nc2ccc3[nH]ncc3c2)n1)c1cnc[nH]1. The highest BCUT2D eigenvalue weighted by atomic mass is 16.6. The van der Waals surface area contributed by atoms with Crippen LogP contribution in [-0.4, -0.2) is 36.6 Å². The molecule has 0 atom stereocenters. The Morgan fingerprint density at radius 1 is 1.26 bits per heavy atom. The average Bonchev–Trinajstić information content (AvgIpc) is 3.34. The van der Waals surface area contributed by atoms with E-state index in [2.05, 4.69) is 30.5 Å². The van der Waals surface area contributed by atoms with E-state index in [1.807, 2.05) is 30.0 Å². The van der Waals surface area contributed by atoms with Crippen molar-refractivity contribution in [2.24, 2.45) is 0 Å². The Labute approximate surface area is 153 Å². The van der Waals surface area contributed by atoms with E-state index in [4.69, 9.17) is 0 Å². The molecule has 0 saturated heterocycles. The zero-order valence-electron chi connectivity index (χ0n) is 14.4. The third kappa shape index (κ3) is 3.15. The fourth-order valence-corrected chi connectivity index (χ4v) is 2.84. The Kier molecular flexibility index (Phi) is 4.13. The Balaban J connectivity index is 1.73. The number of nitrogens with zero attached hydrogens (tertiary/aromatic N) is 5. The topological polar surface area (TPSA) is 129 Å². The van der Waals surface area contributed by atoms with Crippen LogP contribution >= 0.6 is 0 Å². The number of imidazole rings is 1. The normalized spacial score (nSPS) is 10.9. The van der Waals surface area contributed by atoms with Gasteiger partial charge in [-0.1, -0.05) is 0 Å². The number of pyridine rings is 1. The first-order valence-electron chi connectivity index (χ1n) is 8.27. The second-order valence-corrected chi connectivity index (χ2v) is 5.77. The summed E-state index contributed by atoms with van der Waals surface area (Å²) in [5.74, 6) is 1.49. The quantitative estimate of drug-likeness (QED) is 0.353. The molecule has 27 heavy (non-hydrogen) atoms. The summed E-state index contributed by atoms with van der Waals surface area (Å²) in [6.07, 6.45) is 4.94. The molecule has 0 aliphatic rings. The van der Waals surface area contributed by atoms with Gasteiger partial charge in [-0.25, -0.2) is 9.97 Å². The van der Waals surface area contributed by atoms with Crippen molar-refractivity contribution in [2.75, 3.05) is 16.8 Å². The highest BCUT2D eigenvalue weighted by Gasteiger charge is 2.19. The lowest BCUT2D eigenvalue weighted by Crippen LogP contribution is -2.18. The highest BCUT2D eigenvalue weighted by Crippen LogP contribution is 2.31. The van der Waals surface area contributed by atoms with Crippen LogP contribution in [0.2, 0.25) is 0 Å². The maximum atomic E-state index is 11.4. The molecular weight excluding hydrogens is 348 g/mol. The van der Waals surface area contributed by atoms with Gasteiger partial charge in [0.05, 0.1) is 29.2 Å². The van der Waals surface area contributed by atoms with Crippen molar-refractivity contribution in [3.05, 3.63) is 59.2 Å². The summed E-state index contributed by atoms with van der Waals surface area (Å²) in [5, 5.41) is 22.2. The summed E-state index contributed by atoms with van der Waals surface area (Å²) in [4.78, 5) is 24.4. The number of rotatable bonds is 6. The number of hydrogen-bond donors (Lipinski definition) is 3. The number of anilines is 4. The molecule has 0 bridgehead atoms. The van der Waals surface area contributed by atoms with Crippen LogP contribution in [0.1, 0.15) is 6.92 Å². The fraction of sp³-hybridized carbons (Fsp3) is 0.118. The molecule has 0 aliphatic carbocycles. The predicted octanol–water partition coefficient (Wildman–Crippen LogP) is 3.49. The number of nitro groups is 1. The molecule has 0 aliphatic heterocycles. The molecule has 0 spiro atoms. The summed E-state index contributed by atoms with van der Waals surface area (Å²) >= 11 is 0. The monoisotopic (exact) mass is 364 g/mol. The van der Waals surface area contributed by atoms with Gasteiger partial charge in [0, 0.05) is 23.7 Å². The number of H-pyrrole nitrogens is 2. The van der Waals surface area contributed by atoms with E-state index in [0.29, 0.717) is 18.1 Å². The van der Waals surface area contributed by atoms with Gasteiger partial charge in [-0.3, -0.25) is 15.2 Å². The number of aromatic amines is 2. The molecule has 0 amide bonds. The van der Waals surface area contributed by atoms with Crippen molar-refractivity contribution in [3.8, 4) is 0 Å². The first-order valence-corrected chi connectivity index (χ1v) is 8.27. The van der Waals surface area contributed by atoms with Gasteiger partial charge < -0.3 is 15.2 Å². The first kappa shape index (κ1) is 16.5. The van der Waals surface area contributed by atoms with Crippen LogP contribution in [0.15, 0.2) is 49.1 Å². The van der Waals surface area contributed by atoms with E-state index < -0.39 is 4.92 Å². The predicted molar refractivity (Wildman–Crippen MR) is 102 cm³/mol. The van der Waals surface area contributed by atoms with E-state index in [0.717, 1.165) is 16.7 Å². The molecule has 1 aromatic carbocycles. The molecule has 0 fully saturated rings. The molecule has 0 unspecified atom stereocenters. The Morgan fingerprint density at radius 2 is 2.15 bits per heavy atom. The minimum atomic E-state index is -0.456. The van der Waals surface area contributed by atoms with Crippen molar-refractivity contribution in [1.29, 1.82) is 0 Å². The number of benzene rings is 1. The summed E-state index contributed by atoms with van der Waals surface area (Å²) < 4.78 is 0. The maximum Gasteiger partial charge on any atom is 0.311 e. The minimum absolute atomic E-state index is 0.105. The lowest BCUT2D eigenvalue weighted by atomic mass is 10.2. The summed E-state index contributed by atoms with van der Waals surface area (Å²) in [6.45, 7) is 2.58. The maximum absolute atomic E-state index is 11.4. The van der Waals surface area contributed by atoms with Crippen LogP contribution in [0.3, 0.4) is 0 Å². The van der Waals surface area contributed by atoms with E-state index in [-0.39, 0.29) is 11.5 Å². The summed E-state index contributed by atoms with van der Waals surface area (Å²) in [5.41, 5.74) is 1.46. The molecule has 3 aromatic heterocycles. The smallest absolute Gasteiger partial charge is 0.311 e. The van der Waals surface area contributed by atoms with Gasteiger partial charge in [-0.2, -0.15) is 5.10 Å². The second kappa shape index (κ2) is 6.75. The summed E-state index contributed by atoms with van der Waals surface area (Å²) in [6, 6.07) is 8.57. The number of nitrogens with one attached hydrogen (secondary N) is 3. The van der Waals surface area contributed by atoms with Crippen LogP contribution in [-0.2, 0) is 0 Å². The van der Waals surface area contributed by atoms with Gasteiger partial charge in [0.25, 0.3) is 0 Å². The molecule has 10 heteroatoms. The molecule has 4 aromatic rings. The van der Waals surface area contributed by atoms with Crippen LogP contribution in [0, 0.1) is 10.1 Å². The molecule has 3 heterocycles. The van der Waals surface area contributed by atoms with Crippen LogP contribution < -0.4 is 10.2 Å². The zero-order valence-corrected chi connectivity index (χ0v) is 14.4. The number of aromatic nitrogens is 5. The lowest BCUT2D eigenvalue weighted by Gasteiger charge is -2.20. The molecule has 10 nitrogen and oxygen atoms in total. The van der Waals surface area contributed by atoms with Crippen molar-refractivity contribution >= 4 is 39.7 Å². The standard InChI is InChI=1S/C17H16N8O2/c1-2-24(16-9-18-10-19-16)15-6-5-14(25(26)27)17(22-15)21-12-3-4-13-11(7-12)8-20-23-13/h3-10H,2H2,1H3,(H,18,19)(H,20,23)(H,21,22). The Hall–Kier alpha value is -3.95. The van der Waals surface area contributed by atoms with Crippen molar-refractivity contribution in [2.45, 2.75) is 6.92 Å². The second-order valence-electron chi connectivity index (χ2n) is 5.77. The Bertz CT molecular complexity index is 1090. The third-order valence-electron chi connectivity index (χ3n) is 4.13. The average molecular weight is 364 g/mol. The molecule has 0 saturated carbocycles. The van der Waals surface area contributed by atoms with Crippen LogP contribution in [0.25, 0.3) is 10.9 Å². The Morgan fingerprint density at radius 3 is 2.89 bits per heavy atom. The molecular formula is C17H16N8O2. The third-order valence-corrected chi connectivity index (χ3v) is 4.13. The van der Waals surface area contributed by atoms with E-state index in [9.17, 15) is 10.1 Å². The fourth-order valence-electron chi connectivity index (χ4n) is 2.84. The number of fused-ring (bicyclic) bond motifs is 1. The lowest BCUT2D eigenvalue weighted by molar-refractivity contribution is -0.384.